The maximum absolute atomic E-state index is 14.3. The Balaban J connectivity index is 2.34. The van der Waals surface area contributed by atoms with E-state index in [2.05, 4.69) is 4.74 Å². The second kappa shape index (κ2) is 8.53. The number of nitrogens with zero attached hydrogens (tertiary/aromatic N) is 1. The molecule has 0 bridgehead atoms. The number of halogens is 1. The van der Waals surface area contributed by atoms with Gasteiger partial charge in [0.1, 0.15) is 12.4 Å². The van der Waals surface area contributed by atoms with E-state index in [1.54, 1.807) is 18.2 Å². The molecular weight excluding hydrogens is 341 g/mol. The van der Waals surface area contributed by atoms with Gasteiger partial charge in [-0.2, -0.15) is 5.06 Å². The fraction of sp³-hybridized carbons (Fsp3) is 0.316. The monoisotopic (exact) mass is 363 g/mol. The number of hydrogen-bond donors (Lipinski definition) is 1. The van der Waals surface area contributed by atoms with Gasteiger partial charge in [-0.25, -0.2) is 9.18 Å². The minimum absolute atomic E-state index is 0.0825. The zero-order valence-corrected chi connectivity index (χ0v) is 15.2. The lowest BCUT2D eigenvalue weighted by Gasteiger charge is -2.20. The number of aryl methyl sites for hydroxylation is 2. The van der Waals surface area contributed by atoms with Gasteiger partial charge in [-0.05, 0) is 48.7 Å². The number of hydroxylamine groups is 1. The van der Waals surface area contributed by atoms with E-state index in [-0.39, 0.29) is 18.0 Å². The number of rotatable bonds is 6. The van der Waals surface area contributed by atoms with Gasteiger partial charge in [-0.1, -0.05) is 13.0 Å². The van der Waals surface area contributed by atoms with Crippen molar-refractivity contribution in [3.8, 4) is 11.5 Å². The second-order valence-electron chi connectivity index (χ2n) is 5.59. The average molecular weight is 363 g/mol. The molecule has 2 aromatic carbocycles. The number of amides is 1. The molecule has 0 aliphatic heterocycles. The van der Waals surface area contributed by atoms with Crippen LogP contribution in [0.1, 0.15) is 23.6 Å². The molecule has 26 heavy (non-hydrogen) atoms. The van der Waals surface area contributed by atoms with Crippen molar-refractivity contribution in [3.63, 3.8) is 0 Å². The van der Waals surface area contributed by atoms with Gasteiger partial charge in [0.15, 0.2) is 11.6 Å². The summed E-state index contributed by atoms with van der Waals surface area (Å²) in [4.78, 5) is 11.6. The second-order valence-corrected chi connectivity index (χ2v) is 5.59. The number of carbonyl (C=O) groups excluding carboxylic acids is 1. The van der Waals surface area contributed by atoms with Gasteiger partial charge in [0.05, 0.1) is 25.5 Å². The number of hydrogen-bond acceptors (Lipinski definition) is 5. The third kappa shape index (κ3) is 4.05. The SMILES string of the molecule is CCc1cc(F)c(OCc2c(OC)cccc2N(O)C(=O)OC)cc1C. The fourth-order valence-electron chi connectivity index (χ4n) is 2.61. The van der Waals surface area contributed by atoms with E-state index in [0.717, 1.165) is 24.7 Å². The highest BCUT2D eigenvalue weighted by molar-refractivity contribution is 5.86. The molecule has 0 aliphatic carbocycles. The van der Waals surface area contributed by atoms with Gasteiger partial charge in [0.25, 0.3) is 0 Å². The third-order valence-electron chi connectivity index (χ3n) is 4.05. The Morgan fingerprint density at radius 2 is 1.96 bits per heavy atom. The molecule has 0 fully saturated rings. The minimum Gasteiger partial charge on any atom is -0.496 e. The zero-order chi connectivity index (χ0) is 19.3. The van der Waals surface area contributed by atoms with Crippen molar-refractivity contribution >= 4 is 11.8 Å². The van der Waals surface area contributed by atoms with Crippen LogP contribution in [0.3, 0.4) is 0 Å². The molecule has 1 N–H and O–H groups in total. The molecule has 1 amide bonds. The normalized spacial score (nSPS) is 10.4. The lowest BCUT2D eigenvalue weighted by atomic mass is 10.1. The van der Waals surface area contributed by atoms with Crippen LogP contribution in [0.2, 0.25) is 0 Å². The van der Waals surface area contributed by atoms with Crippen LogP contribution in [-0.2, 0) is 17.8 Å². The van der Waals surface area contributed by atoms with Crippen molar-refractivity contribution in [1.29, 1.82) is 0 Å². The molecule has 2 rings (SSSR count). The number of methoxy groups -OCH3 is 2. The lowest BCUT2D eigenvalue weighted by molar-refractivity contribution is 0.140. The first kappa shape index (κ1) is 19.5. The summed E-state index contributed by atoms with van der Waals surface area (Å²) in [6, 6.07) is 7.82. The van der Waals surface area contributed by atoms with Gasteiger partial charge >= 0.3 is 6.09 Å². The number of anilines is 1. The molecule has 0 spiro atoms. The van der Waals surface area contributed by atoms with Crippen molar-refractivity contribution in [2.24, 2.45) is 0 Å². The summed E-state index contributed by atoms with van der Waals surface area (Å²) >= 11 is 0. The van der Waals surface area contributed by atoms with Crippen LogP contribution in [-0.4, -0.2) is 25.5 Å². The zero-order valence-electron chi connectivity index (χ0n) is 15.2. The predicted octanol–water partition coefficient (Wildman–Crippen LogP) is 4.25. The van der Waals surface area contributed by atoms with Crippen LogP contribution in [0.5, 0.6) is 11.5 Å². The minimum atomic E-state index is -0.964. The van der Waals surface area contributed by atoms with E-state index >= 15 is 0 Å². The molecule has 2 aromatic rings. The third-order valence-corrected chi connectivity index (χ3v) is 4.05. The summed E-state index contributed by atoms with van der Waals surface area (Å²) < 4.78 is 29.6. The van der Waals surface area contributed by atoms with E-state index in [1.165, 1.54) is 19.2 Å². The highest BCUT2D eigenvalue weighted by Gasteiger charge is 2.21. The molecule has 0 radical (unpaired) electrons. The first-order valence-electron chi connectivity index (χ1n) is 8.07. The van der Waals surface area contributed by atoms with Crippen LogP contribution >= 0.6 is 0 Å². The van der Waals surface area contributed by atoms with Crippen molar-refractivity contribution < 1.29 is 28.6 Å². The van der Waals surface area contributed by atoms with E-state index < -0.39 is 11.9 Å². The molecular formula is C19H22FNO5. The van der Waals surface area contributed by atoms with E-state index in [0.29, 0.717) is 16.4 Å². The van der Waals surface area contributed by atoms with Crippen LogP contribution < -0.4 is 14.5 Å². The molecule has 0 atom stereocenters. The molecule has 0 aromatic heterocycles. The van der Waals surface area contributed by atoms with E-state index in [9.17, 15) is 14.4 Å². The van der Waals surface area contributed by atoms with Crippen molar-refractivity contribution in [2.45, 2.75) is 26.9 Å². The van der Waals surface area contributed by atoms with Gasteiger partial charge in [-0.15, -0.1) is 0 Å². The topological polar surface area (TPSA) is 68.2 Å². The first-order valence-corrected chi connectivity index (χ1v) is 8.07. The van der Waals surface area contributed by atoms with Gasteiger partial charge in [-0.3, -0.25) is 5.21 Å². The lowest BCUT2D eigenvalue weighted by Crippen LogP contribution is -2.28. The molecule has 140 valence electrons. The Morgan fingerprint density at radius 3 is 2.58 bits per heavy atom. The van der Waals surface area contributed by atoms with Crippen LogP contribution in [0.25, 0.3) is 0 Å². The van der Waals surface area contributed by atoms with Crippen LogP contribution in [0, 0.1) is 12.7 Å². The van der Waals surface area contributed by atoms with Crippen LogP contribution in [0.15, 0.2) is 30.3 Å². The van der Waals surface area contributed by atoms with Gasteiger partial charge < -0.3 is 14.2 Å². The number of ether oxygens (including phenoxy) is 3. The number of benzene rings is 2. The molecule has 7 heteroatoms. The highest BCUT2D eigenvalue weighted by Crippen LogP contribution is 2.31. The number of carbonyl (C=O) groups is 1. The Bertz CT molecular complexity index is 794. The summed E-state index contributed by atoms with van der Waals surface area (Å²) in [5.41, 5.74) is 2.32. The molecule has 6 nitrogen and oxygen atoms in total. The Morgan fingerprint density at radius 1 is 1.23 bits per heavy atom. The smallest absolute Gasteiger partial charge is 0.438 e. The van der Waals surface area contributed by atoms with E-state index in [1.807, 2.05) is 13.8 Å². The summed E-state index contributed by atoms with van der Waals surface area (Å²) in [6.45, 7) is 3.72. The quantitative estimate of drug-likeness (QED) is 0.614. The van der Waals surface area contributed by atoms with Gasteiger partial charge in [0.2, 0.25) is 0 Å². The Hall–Kier alpha value is -2.80. The fourth-order valence-corrected chi connectivity index (χ4v) is 2.61. The highest BCUT2D eigenvalue weighted by atomic mass is 19.1. The standard InChI is InChI=1S/C19H22FNO5/c1-5-13-10-15(20)18(9-12(13)2)26-11-14-16(21(23)19(22)25-4)7-6-8-17(14)24-3/h6-10,23H,5,11H2,1-4H3. The summed E-state index contributed by atoms with van der Waals surface area (Å²) in [5.74, 6) is -0.00963. The van der Waals surface area contributed by atoms with Crippen LogP contribution in [0.4, 0.5) is 14.9 Å². The molecule has 0 heterocycles. The molecule has 0 saturated carbocycles. The maximum atomic E-state index is 14.3. The van der Waals surface area contributed by atoms with Crippen molar-refractivity contribution in [1.82, 2.24) is 0 Å². The Labute approximate surface area is 151 Å². The Kier molecular flexibility index (Phi) is 6.41. The largest absolute Gasteiger partial charge is 0.496 e. The summed E-state index contributed by atoms with van der Waals surface area (Å²) in [5, 5.41) is 10.4. The van der Waals surface area contributed by atoms with Crippen molar-refractivity contribution in [2.75, 3.05) is 19.3 Å². The van der Waals surface area contributed by atoms with Gasteiger partial charge in [0, 0.05) is 0 Å². The molecule has 0 unspecified atom stereocenters. The summed E-state index contributed by atoms with van der Waals surface area (Å²) in [7, 11) is 2.60. The van der Waals surface area contributed by atoms with E-state index in [4.69, 9.17) is 9.47 Å². The first-order chi connectivity index (χ1) is 12.4. The average Bonchev–Trinajstić information content (AvgIpc) is 2.66. The molecule has 0 saturated heterocycles. The predicted molar refractivity (Wildman–Crippen MR) is 94.5 cm³/mol. The molecule has 0 aliphatic rings. The maximum Gasteiger partial charge on any atom is 0.438 e. The van der Waals surface area contributed by atoms with Crippen molar-refractivity contribution in [3.05, 3.63) is 52.8 Å². The summed E-state index contributed by atoms with van der Waals surface area (Å²) in [6.07, 6.45) is -0.244.